The maximum Gasteiger partial charge on any atom is 0.259 e. The van der Waals surface area contributed by atoms with Crippen LogP contribution < -0.4 is 17.0 Å². The number of nitrogen functional groups attached to an aromatic ring is 2. The number of amides is 1. The molecule has 0 saturated carbocycles. The zero-order valence-corrected chi connectivity index (χ0v) is 17.0. The number of nitrogens with two attached hydrogens (primary N) is 2. The van der Waals surface area contributed by atoms with E-state index >= 15 is 0 Å². The quantitative estimate of drug-likeness (QED) is 0.273. The molecule has 158 valence electrons. The maximum absolute atomic E-state index is 13.0. The number of aromatic nitrogens is 1. The SMILES string of the molecule is CN(C)C(=O)c1c(O)[nH]c(=O)c(-c2cccc(C(=N)N)c2)c1-c1cccc(C(=N)N)c1. The predicted molar refractivity (Wildman–Crippen MR) is 120 cm³/mol. The molecule has 9 heteroatoms. The van der Waals surface area contributed by atoms with Crippen LogP contribution in [0.4, 0.5) is 0 Å². The number of nitrogens with zero attached hydrogens (tertiary/aromatic N) is 1. The summed E-state index contributed by atoms with van der Waals surface area (Å²) < 4.78 is 0. The zero-order valence-electron chi connectivity index (χ0n) is 17.0. The molecule has 9 nitrogen and oxygen atoms in total. The molecule has 2 aromatic carbocycles. The van der Waals surface area contributed by atoms with Crippen molar-refractivity contribution in [1.82, 2.24) is 9.88 Å². The van der Waals surface area contributed by atoms with E-state index < -0.39 is 17.3 Å². The molecular formula is C22H22N6O3. The minimum atomic E-state index is -0.628. The lowest BCUT2D eigenvalue weighted by molar-refractivity contribution is 0.0824. The van der Waals surface area contributed by atoms with Gasteiger partial charge >= 0.3 is 0 Å². The fourth-order valence-electron chi connectivity index (χ4n) is 3.27. The number of aromatic hydroxyl groups is 1. The van der Waals surface area contributed by atoms with E-state index in [1.807, 2.05) is 0 Å². The van der Waals surface area contributed by atoms with E-state index in [4.69, 9.17) is 22.3 Å². The van der Waals surface area contributed by atoms with Crippen molar-refractivity contribution in [1.29, 1.82) is 10.8 Å². The number of aromatic amines is 1. The number of benzene rings is 2. The lowest BCUT2D eigenvalue weighted by Gasteiger charge is -2.19. The van der Waals surface area contributed by atoms with E-state index in [-0.39, 0.29) is 28.4 Å². The number of pyridine rings is 1. The first-order valence-electron chi connectivity index (χ1n) is 9.22. The average molecular weight is 418 g/mol. The van der Waals surface area contributed by atoms with Gasteiger partial charge in [0.2, 0.25) is 5.88 Å². The molecular weight excluding hydrogens is 396 g/mol. The highest BCUT2D eigenvalue weighted by atomic mass is 16.3. The Morgan fingerprint density at radius 1 is 0.935 bits per heavy atom. The van der Waals surface area contributed by atoms with E-state index in [1.54, 1.807) is 48.5 Å². The third-order valence-corrected chi connectivity index (χ3v) is 4.74. The van der Waals surface area contributed by atoms with E-state index in [0.717, 1.165) is 0 Å². The Labute approximate surface area is 178 Å². The van der Waals surface area contributed by atoms with E-state index in [1.165, 1.54) is 19.0 Å². The van der Waals surface area contributed by atoms with Crippen LogP contribution in [0.5, 0.6) is 5.88 Å². The van der Waals surface area contributed by atoms with Gasteiger partial charge in [-0.15, -0.1) is 0 Å². The highest BCUT2D eigenvalue weighted by molar-refractivity contribution is 6.07. The van der Waals surface area contributed by atoms with Crippen LogP contribution in [-0.2, 0) is 0 Å². The summed E-state index contributed by atoms with van der Waals surface area (Å²) in [5.74, 6) is -1.46. The van der Waals surface area contributed by atoms with Gasteiger partial charge in [-0.1, -0.05) is 36.4 Å². The van der Waals surface area contributed by atoms with E-state index in [0.29, 0.717) is 22.3 Å². The molecule has 0 fully saturated rings. The Kier molecular flexibility index (Phi) is 5.60. The molecule has 8 N–H and O–H groups in total. The van der Waals surface area contributed by atoms with E-state index in [9.17, 15) is 14.7 Å². The molecule has 0 unspecified atom stereocenters. The number of nitrogens with one attached hydrogen (secondary N) is 3. The smallest absolute Gasteiger partial charge is 0.259 e. The summed E-state index contributed by atoms with van der Waals surface area (Å²) in [7, 11) is 3.05. The van der Waals surface area contributed by atoms with Crippen LogP contribution in [-0.4, -0.2) is 46.7 Å². The zero-order chi connectivity index (χ0) is 22.9. The van der Waals surface area contributed by atoms with Crippen molar-refractivity contribution in [2.75, 3.05) is 14.1 Å². The minimum absolute atomic E-state index is 0.103. The molecule has 1 heterocycles. The van der Waals surface area contributed by atoms with Crippen molar-refractivity contribution in [2.24, 2.45) is 11.5 Å². The molecule has 0 bridgehead atoms. The van der Waals surface area contributed by atoms with Crippen molar-refractivity contribution in [3.8, 4) is 28.1 Å². The number of rotatable bonds is 5. The van der Waals surface area contributed by atoms with Crippen LogP contribution in [0.2, 0.25) is 0 Å². The standard InChI is InChI=1S/C22H22N6O3/c1-28(2)22(31)17-15(11-5-3-7-13(9-11)18(23)24)16(20(29)27-21(17)30)12-6-4-8-14(10-12)19(25)26/h3-10H,1-2H3,(H3,23,24)(H3,25,26)(H2,27,29,30). The highest BCUT2D eigenvalue weighted by Crippen LogP contribution is 2.36. The van der Waals surface area contributed by atoms with Crippen LogP contribution in [0.15, 0.2) is 53.3 Å². The molecule has 3 aromatic rings. The Morgan fingerprint density at radius 2 is 1.42 bits per heavy atom. The van der Waals surface area contributed by atoms with Crippen molar-refractivity contribution in [2.45, 2.75) is 0 Å². The maximum atomic E-state index is 13.0. The van der Waals surface area contributed by atoms with Gasteiger partial charge in [-0.05, 0) is 23.3 Å². The van der Waals surface area contributed by atoms with Crippen LogP contribution in [0, 0.1) is 10.8 Å². The Balaban J connectivity index is 2.48. The first-order chi connectivity index (χ1) is 14.6. The first-order valence-corrected chi connectivity index (χ1v) is 9.22. The number of H-pyrrole nitrogens is 1. The third-order valence-electron chi connectivity index (χ3n) is 4.74. The van der Waals surface area contributed by atoms with Crippen molar-refractivity contribution < 1.29 is 9.90 Å². The number of hydrogen-bond donors (Lipinski definition) is 6. The summed E-state index contributed by atoms with van der Waals surface area (Å²) in [6.07, 6.45) is 0. The number of hydrogen-bond acceptors (Lipinski definition) is 5. The van der Waals surface area contributed by atoms with Gasteiger partial charge in [0.25, 0.3) is 11.5 Å². The van der Waals surface area contributed by atoms with Gasteiger partial charge in [0.1, 0.15) is 17.2 Å². The molecule has 0 saturated heterocycles. The average Bonchev–Trinajstić information content (AvgIpc) is 2.72. The second-order valence-electron chi connectivity index (χ2n) is 7.12. The molecule has 0 atom stereocenters. The number of carbonyl (C=O) groups is 1. The first kappa shape index (κ1) is 21.3. The molecule has 1 amide bonds. The molecule has 0 aliphatic heterocycles. The summed E-state index contributed by atoms with van der Waals surface area (Å²) in [6, 6.07) is 13.0. The monoisotopic (exact) mass is 418 g/mol. The van der Waals surface area contributed by atoms with Crippen molar-refractivity contribution in [3.63, 3.8) is 0 Å². The van der Waals surface area contributed by atoms with E-state index in [2.05, 4.69) is 4.98 Å². The predicted octanol–water partition coefficient (Wildman–Crippen LogP) is 1.68. The van der Waals surface area contributed by atoms with Gasteiger partial charge in [-0.25, -0.2) is 0 Å². The summed E-state index contributed by atoms with van der Waals surface area (Å²) >= 11 is 0. The fraction of sp³-hybridized carbons (Fsp3) is 0.0909. The molecule has 0 aliphatic rings. The fourth-order valence-corrected chi connectivity index (χ4v) is 3.27. The van der Waals surface area contributed by atoms with Gasteiger partial charge in [-0.2, -0.15) is 0 Å². The molecule has 0 spiro atoms. The van der Waals surface area contributed by atoms with Crippen molar-refractivity contribution >= 4 is 17.6 Å². The van der Waals surface area contributed by atoms with Gasteiger partial charge in [0, 0.05) is 30.8 Å². The highest BCUT2D eigenvalue weighted by Gasteiger charge is 2.26. The van der Waals surface area contributed by atoms with Crippen molar-refractivity contribution in [3.05, 3.63) is 75.6 Å². The Morgan fingerprint density at radius 3 is 1.87 bits per heavy atom. The Bertz CT molecular complexity index is 1280. The summed E-state index contributed by atoms with van der Waals surface area (Å²) in [4.78, 5) is 29.6. The number of carbonyl (C=O) groups excluding carboxylic acids is 1. The van der Waals surface area contributed by atoms with Crippen LogP contribution in [0.25, 0.3) is 22.3 Å². The summed E-state index contributed by atoms with van der Waals surface area (Å²) in [5.41, 5.74) is 12.4. The van der Waals surface area contributed by atoms with Gasteiger partial charge in [0.15, 0.2) is 0 Å². The largest absolute Gasteiger partial charge is 0.494 e. The normalized spacial score (nSPS) is 10.5. The number of amidine groups is 2. The van der Waals surface area contributed by atoms with Crippen LogP contribution in [0.1, 0.15) is 21.5 Å². The minimum Gasteiger partial charge on any atom is -0.494 e. The Hall–Kier alpha value is -4.40. The molecule has 0 aliphatic carbocycles. The van der Waals surface area contributed by atoms with Crippen LogP contribution >= 0.6 is 0 Å². The molecule has 0 radical (unpaired) electrons. The second kappa shape index (κ2) is 8.15. The topological polar surface area (TPSA) is 173 Å². The lowest BCUT2D eigenvalue weighted by Crippen LogP contribution is -2.25. The van der Waals surface area contributed by atoms with Gasteiger partial charge in [0.05, 0.1) is 5.56 Å². The lowest BCUT2D eigenvalue weighted by atomic mass is 9.90. The molecule has 31 heavy (non-hydrogen) atoms. The molecule has 3 rings (SSSR count). The molecule has 1 aromatic heterocycles. The summed E-state index contributed by atoms with van der Waals surface area (Å²) in [5, 5.41) is 25.9. The van der Waals surface area contributed by atoms with Crippen LogP contribution in [0.3, 0.4) is 0 Å². The van der Waals surface area contributed by atoms with Gasteiger partial charge in [-0.3, -0.25) is 25.4 Å². The third kappa shape index (κ3) is 4.01. The second-order valence-corrected chi connectivity index (χ2v) is 7.12. The summed E-state index contributed by atoms with van der Waals surface area (Å²) in [6.45, 7) is 0. The van der Waals surface area contributed by atoms with Gasteiger partial charge < -0.3 is 21.5 Å².